The topological polar surface area (TPSA) is 32.7 Å². The summed E-state index contributed by atoms with van der Waals surface area (Å²) < 4.78 is 5.21. The van der Waals surface area contributed by atoms with Gasteiger partial charge in [0.1, 0.15) is 5.75 Å². The fraction of sp³-hybridized carbons (Fsp3) is 0.625. The molecule has 0 radical (unpaired) electrons. The molecule has 2 rings (SSSR count). The molecule has 0 spiro atoms. The van der Waals surface area contributed by atoms with Gasteiger partial charge in [0.15, 0.2) is 0 Å². The lowest BCUT2D eigenvalue weighted by Gasteiger charge is -2.37. The Bertz CT molecular complexity index is 388. The summed E-state index contributed by atoms with van der Waals surface area (Å²) in [5, 5.41) is 10.3. The van der Waals surface area contributed by atoms with E-state index in [4.69, 9.17) is 4.74 Å². The molecule has 19 heavy (non-hydrogen) atoms. The first kappa shape index (κ1) is 14.4. The SMILES string of the molecule is COc1ccc(C2CCCC(O)C2CN(C)C)cc1. The van der Waals surface area contributed by atoms with Crippen LogP contribution in [0, 0.1) is 5.92 Å². The van der Waals surface area contributed by atoms with Crippen LogP contribution in [0.1, 0.15) is 30.7 Å². The van der Waals surface area contributed by atoms with E-state index in [1.165, 1.54) is 12.0 Å². The first-order valence-corrected chi connectivity index (χ1v) is 7.08. The summed E-state index contributed by atoms with van der Waals surface area (Å²) in [6.45, 7) is 0.942. The third-order valence-electron chi connectivity index (χ3n) is 4.15. The highest BCUT2D eigenvalue weighted by atomic mass is 16.5. The van der Waals surface area contributed by atoms with Crippen LogP contribution in [0.25, 0.3) is 0 Å². The van der Waals surface area contributed by atoms with Crippen molar-refractivity contribution in [3.63, 3.8) is 0 Å². The molecule has 3 atom stereocenters. The van der Waals surface area contributed by atoms with Crippen LogP contribution in [0.15, 0.2) is 24.3 Å². The van der Waals surface area contributed by atoms with Gasteiger partial charge in [-0.25, -0.2) is 0 Å². The van der Waals surface area contributed by atoms with Crippen LogP contribution in [0.3, 0.4) is 0 Å². The van der Waals surface area contributed by atoms with Crippen LogP contribution in [-0.4, -0.2) is 43.9 Å². The van der Waals surface area contributed by atoms with Crippen molar-refractivity contribution in [2.24, 2.45) is 5.92 Å². The first-order valence-electron chi connectivity index (χ1n) is 7.08. The number of ether oxygens (including phenoxy) is 1. The van der Waals surface area contributed by atoms with Gasteiger partial charge in [0.05, 0.1) is 13.2 Å². The zero-order valence-electron chi connectivity index (χ0n) is 12.2. The molecule has 106 valence electrons. The molecule has 0 saturated heterocycles. The molecule has 3 unspecified atom stereocenters. The second kappa shape index (κ2) is 6.40. The van der Waals surface area contributed by atoms with E-state index >= 15 is 0 Å². The molecule has 1 aliphatic rings. The van der Waals surface area contributed by atoms with E-state index in [0.717, 1.165) is 25.1 Å². The van der Waals surface area contributed by atoms with Crippen molar-refractivity contribution >= 4 is 0 Å². The number of rotatable bonds is 4. The van der Waals surface area contributed by atoms with Crippen LogP contribution >= 0.6 is 0 Å². The number of hydrogen-bond donors (Lipinski definition) is 1. The molecular weight excluding hydrogens is 238 g/mol. The summed E-state index contributed by atoms with van der Waals surface area (Å²) in [5.41, 5.74) is 1.33. The maximum atomic E-state index is 10.3. The minimum Gasteiger partial charge on any atom is -0.497 e. The highest BCUT2D eigenvalue weighted by Gasteiger charge is 2.33. The molecule has 1 saturated carbocycles. The van der Waals surface area contributed by atoms with Gasteiger partial charge in [0.25, 0.3) is 0 Å². The fourth-order valence-electron chi connectivity index (χ4n) is 3.18. The lowest BCUT2D eigenvalue weighted by atomic mass is 9.73. The normalized spacial score (nSPS) is 27.5. The Hall–Kier alpha value is -1.06. The van der Waals surface area contributed by atoms with Crippen molar-refractivity contribution in [1.29, 1.82) is 0 Å². The third-order valence-corrected chi connectivity index (χ3v) is 4.15. The summed E-state index contributed by atoms with van der Waals surface area (Å²) in [6.07, 6.45) is 3.04. The molecule has 3 nitrogen and oxygen atoms in total. The maximum Gasteiger partial charge on any atom is 0.118 e. The van der Waals surface area contributed by atoms with E-state index in [1.54, 1.807) is 7.11 Å². The molecule has 3 heteroatoms. The van der Waals surface area contributed by atoms with Gasteiger partial charge in [-0.2, -0.15) is 0 Å². The number of benzene rings is 1. The number of aliphatic hydroxyl groups is 1. The van der Waals surface area contributed by atoms with Crippen molar-refractivity contribution in [2.45, 2.75) is 31.3 Å². The van der Waals surface area contributed by atoms with Gasteiger partial charge in [-0.05, 0) is 50.6 Å². The van der Waals surface area contributed by atoms with E-state index < -0.39 is 0 Å². The highest BCUT2D eigenvalue weighted by molar-refractivity contribution is 5.30. The van der Waals surface area contributed by atoms with Crippen molar-refractivity contribution < 1.29 is 9.84 Å². The third kappa shape index (κ3) is 3.48. The van der Waals surface area contributed by atoms with Gasteiger partial charge in [0.2, 0.25) is 0 Å². The zero-order valence-corrected chi connectivity index (χ0v) is 12.2. The Morgan fingerprint density at radius 1 is 1.21 bits per heavy atom. The lowest BCUT2D eigenvalue weighted by molar-refractivity contribution is 0.0414. The predicted molar refractivity (Wildman–Crippen MR) is 77.6 cm³/mol. The molecule has 0 aliphatic heterocycles. The Morgan fingerprint density at radius 3 is 2.47 bits per heavy atom. The molecule has 0 heterocycles. The lowest BCUT2D eigenvalue weighted by Crippen LogP contribution is -2.38. The van der Waals surface area contributed by atoms with Crippen LogP contribution < -0.4 is 4.74 Å². The summed E-state index contributed by atoms with van der Waals surface area (Å²) in [5.74, 6) is 1.68. The second-order valence-corrected chi connectivity index (χ2v) is 5.80. The number of hydrogen-bond acceptors (Lipinski definition) is 3. The van der Waals surface area contributed by atoms with Gasteiger partial charge < -0.3 is 14.7 Å². The molecule has 0 bridgehead atoms. The zero-order chi connectivity index (χ0) is 13.8. The minimum atomic E-state index is -0.178. The van der Waals surface area contributed by atoms with Gasteiger partial charge >= 0.3 is 0 Å². The Labute approximate surface area is 116 Å². The standard InChI is InChI=1S/C16H25NO2/c1-17(2)11-15-14(5-4-6-16(15)18)12-7-9-13(19-3)10-8-12/h7-10,14-16,18H,4-6,11H2,1-3H3. The average molecular weight is 263 g/mol. The second-order valence-electron chi connectivity index (χ2n) is 5.80. The van der Waals surface area contributed by atoms with E-state index in [-0.39, 0.29) is 6.10 Å². The predicted octanol–water partition coefficient (Wildman–Crippen LogP) is 2.50. The molecule has 0 amide bonds. The van der Waals surface area contributed by atoms with Crippen molar-refractivity contribution in [3.05, 3.63) is 29.8 Å². The van der Waals surface area contributed by atoms with E-state index in [9.17, 15) is 5.11 Å². The summed E-state index contributed by atoms with van der Waals surface area (Å²) in [7, 11) is 5.84. The molecular formula is C16H25NO2. The monoisotopic (exact) mass is 263 g/mol. The van der Waals surface area contributed by atoms with Crippen LogP contribution in [0.2, 0.25) is 0 Å². The van der Waals surface area contributed by atoms with E-state index in [2.05, 4.69) is 31.1 Å². The fourth-order valence-corrected chi connectivity index (χ4v) is 3.18. The van der Waals surface area contributed by atoms with E-state index in [1.807, 2.05) is 12.1 Å². The van der Waals surface area contributed by atoms with Gasteiger partial charge in [-0.3, -0.25) is 0 Å². The van der Waals surface area contributed by atoms with E-state index in [0.29, 0.717) is 11.8 Å². The molecule has 1 aromatic rings. The molecule has 1 aliphatic carbocycles. The molecule has 0 aromatic heterocycles. The maximum absolute atomic E-state index is 10.3. The van der Waals surface area contributed by atoms with Crippen LogP contribution in [0.5, 0.6) is 5.75 Å². The van der Waals surface area contributed by atoms with Gasteiger partial charge in [-0.15, -0.1) is 0 Å². The van der Waals surface area contributed by atoms with Gasteiger partial charge in [0, 0.05) is 12.5 Å². The van der Waals surface area contributed by atoms with Crippen molar-refractivity contribution in [3.8, 4) is 5.75 Å². The smallest absolute Gasteiger partial charge is 0.118 e. The summed E-state index contributed by atoms with van der Waals surface area (Å²) >= 11 is 0. The van der Waals surface area contributed by atoms with Crippen LogP contribution in [-0.2, 0) is 0 Å². The number of nitrogens with zero attached hydrogens (tertiary/aromatic N) is 1. The molecule has 1 N–H and O–H groups in total. The highest BCUT2D eigenvalue weighted by Crippen LogP contribution is 2.38. The number of methoxy groups -OCH3 is 1. The quantitative estimate of drug-likeness (QED) is 0.906. The first-order chi connectivity index (χ1) is 9.11. The van der Waals surface area contributed by atoms with Crippen molar-refractivity contribution in [1.82, 2.24) is 4.90 Å². The Balaban J connectivity index is 2.18. The van der Waals surface area contributed by atoms with Crippen molar-refractivity contribution in [2.75, 3.05) is 27.7 Å². The van der Waals surface area contributed by atoms with Crippen LogP contribution in [0.4, 0.5) is 0 Å². The average Bonchev–Trinajstić information content (AvgIpc) is 2.41. The summed E-state index contributed by atoms with van der Waals surface area (Å²) in [6, 6.07) is 8.32. The number of aliphatic hydroxyl groups excluding tert-OH is 1. The summed E-state index contributed by atoms with van der Waals surface area (Å²) in [4.78, 5) is 2.18. The molecule has 1 fully saturated rings. The molecule has 1 aromatic carbocycles. The van der Waals surface area contributed by atoms with Gasteiger partial charge in [-0.1, -0.05) is 18.6 Å². The Morgan fingerprint density at radius 2 is 1.89 bits per heavy atom. The largest absolute Gasteiger partial charge is 0.497 e. The minimum absolute atomic E-state index is 0.178. The Kier molecular flexibility index (Phi) is 4.83.